The van der Waals surface area contributed by atoms with Crippen molar-refractivity contribution in [3.05, 3.63) is 75.3 Å². The van der Waals surface area contributed by atoms with Crippen molar-refractivity contribution < 1.29 is 22.7 Å². The van der Waals surface area contributed by atoms with Crippen molar-refractivity contribution in [2.75, 3.05) is 26.2 Å². The number of pyridine rings is 1. The van der Waals surface area contributed by atoms with E-state index in [9.17, 15) is 13.6 Å². The van der Waals surface area contributed by atoms with Gasteiger partial charge in [-0.3, -0.25) is 19.4 Å². The molecule has 3 atom stereocenters. The van der Waals surface area contributed by atoms with Crippen LogP contribution in [0.4, 0.5) is 13.2 Å². The number of likely N-dealkylation sites (tertiary alicyclic amines) is 2. The van der Waals surface area contributed by atoms with Crippen LogP contribution in [-0.4, -0.2) is 67.2 Å². The molecule has 0 aliphatic carbocycles. The number of piperidine rings is 2. The van der Waals surface area contributed by atoms with Gasteiger partial charge in [-0.05, 0) is 85.0 Å². The van der Waals surface area contributed by atoms with Gasteiger partial charge in [0, 0.05) is 49.6 Å². The van der Waals surface area contributed by atoms with Gasteiger partial charge in [0.2, 0.25) is 5.91 Å². The van der Waals surface area contributed by atoms with Crippen LogP contribution < -0.4 is 0 Å². The lowest BCUT2D eigenvalue weighted by Gasteiger charge is -2.47. The second-order valence-electron chi connectivity index (χ2n) is 14.6. The van der Waals surface area contributed by atoms with Gasteiger partial charge in [0.1, 0.15) is 17.8 Å². The fraction of sp³-hybridized carbons (Fsp3) is 0.588. The summed E-state index contributed by atoms with van der Waals surface area (Å²) < 4.78 is 52.3. The average molecular weight is 659 g/mol. The first-order valence-electron chi connectivity index (χ1n) is 15.9. The van der Waals surface area contributed by atoms with Gasteiger partial charge in [-0.1, -0.05) is 17.7 Å². The number of aromatic nitrogens is 4. The van der Waals surface area contributed by atoms with Gasteiger partial charge in [0.15, 0.2) is 17.5 Å². The quantitative estimate of drug-likeness (QED) is 0.304. The monoisotopic (exact) mass is 658 g/mol. The fourth-order valence-corrected chi connectivity index (χ4v) is 7.87. The number of benzene rings is 1. The summed E-state index contributed by atoms with van der Waals surface area (Å²) in [7, 11) is 1.85. The Kier molecular flexibility index (Phi) is 8.29. The molecule has 2 saturated heterocycles. The van der Waals surface area contributed by atoms with Gasteiger partial charge < -0.3 is 9.64 Å². The van der Waals surface area contributed by atoms with E-state index in [0.29, 0.717) is 56.2 Å². The maximum atomic E-state index is 15.2. The Morgan fingerprint density at radius 2 is 1.74 bits per heavy atom. The highest BCUT2D eigenvalue weighted by Gasteiger charge is 2.54. The smallest absolute Gasteiger partial charge is 0.226 e. The van der Waals surface area contributed by atoms with Crippen LogP contribution in [0.5, 0.6) is 0 Å². The molecule has 0 N–H and O–H groups in total. The zero-order valence-corrected chi connectivity index (χ0v) is 28.3. The van der Waals surface area contributed by atoms with E-state index in [1.165, 1.54) is 12.4 Å². The molecule has 3 aromatic rings. The summed E-state index contributed by atoms with van der Waals surface area (Å²) in [6, 6.07) is 4.18. The van der Waals surface area contributed by atoms with Gasteiger partial charge in [0.05, 0.1) is 27.9 Å². The Labute approximate surface area is 273 Å². The minimum absolute atomic E-state index is 0.0399. The third-order valence-corrected chi connectivity index (χ3v) is 10.8. The minimum Gasteiger partial charge on any atom is -0.359 e. The van der Waals surface area contributed by atoms with Crippen molar-refractivity contribution in [3.8, 4) is 0 Å². The Morgan fingerprint density at radius 3 is 2.37 bits per heavy atom. The molecule has 12 heteroatoms. The lowest BCUT2D eigenvalue weighted by atomic mass is 9.77. The third kappa shape index (κ3) is 5.42. The number of halogens is 4. The van der Waals surface area contributed by atoms with Crippen LogP contribution in [0.1, 0.15) is 94.2 Å². The molecule has 3 aliphatic rings. The number of fused-ring (bicyclic) bond motifs is 2. The van der Waals surface area contributed by atoms with Crippen molar-refractivity contribution in [1.82, 2.24) is 29.5 Å². The number of hydrogen-bond acceptors (Lipinski definition) is 6. The van der Waals surface area contributed by atoms with Crippen LogP contribution in [0, 0.1) is 30.3 Å². The van der Waals surface area contributed by atoms with Crippen LogP contribution in [0.15, 0.2) is 24.5 Å². The molecule has 5 heterocycles. The molecule has 2 aromatic heterocycles. The van der Waals surface area contributed by atoms with E-state index in [-0.39, 0.29) is 17.0 Å². The van der Waals surface area contributed by atoms with Gasteiger partial charge >= 0.3 is 0 Å². The van der Waals surface area contributed by atoms with Crippen molar-refractivity contribution in [1.29, 1.82) is 0 Å². The number of aryl methyl sites for hydroxylation is 2. The standard InChI is InChI=1S/C34H42ClF3N6O2/c1-19-24(35)16-22-28(41-19)34(46-29(22)33(5,6)31-39-18-40-42(31)7)11-14-43(15-12-34)30(45)21-10-13-44(32(2,3)4)17-23(21)20-8-9-25(36)27(38)26(20)37/h8-9,16,18,21,23,29H,10-15,17H2,1-7H3/t21-,23+,29?/m1/s1. The highest BCUT2D eigenvalue weighted by atomic mass is 35.5. The second kappa shape index (κ2) is 11.6. The zero-order valence-electron chi connectivity index (χ0n) is 27.5. The molecular weight excluding hydrogens is 617 g/mol. The molecule has 1 aromatic carbocycles. The summed E-state index contributed by atoms with van der Waals surface area (Å²) in [4.78, 5) is 27.7. The highest BCUT2D eigenvalue weighted by molar-refractivity contribution is 6.31. The van der Waals surface area contributed by atoms with Crippen molar-refractivity contribution in [2.45, 2.75) is 89.4 Å². The first-order valence-corrected chi connectivity index (χ1v) is 16.3. The molecule has 2 fully saturated rings. The predicted molar refractivity (Wildman–Crippen MR) is 168 cm³/mol. The average Bonchev–Trinajstić information content (AvgIpc) is 3.58. The van der Waals surface area contributed by atoms with Crippen LogP contribution in [0.25, 0.3) is 0 Å². The van der Waals surface area contributed by atoms with Crippen molar-refractivity contribution in [3.63, 3.8) is 0 Å². The molecule has 46 heavy (non-hydrogen) atoms. The van der Waals surface area contributed by atoms with Gasteiger partial charge in [-0.15, -0.1) is 0 Å². The number of amides is 1. The summed E-state index contributed by atoms with van der Waals surface area (Å²) in [5.41, 5.74) is 0.950. The first-order chi connectivity index (χ1) is 21.5. The first kappa shape index (κ1) is 32.9. The van der Waals surface area contributed by atoms with E-state index >= 15 is 4.39 Å². The molecule has 8 nitrogen and oxygen atoms in total. The predicted octanol–water partition coefficient (Wildman–Crippen LogP) is 6.36. The third-order valence-electron chi connectivity index (χ3n) is 10.4. The molecule has 1 unspecified atom stereocenters. The number of rotatable bonds is 4. The van der Waals surface area contributed by atoms with Crippen molar-refractivity contribution in [2.24, 2.45) is 13.0 Å². The van der Waals surface area contributed by atoms with Crippen LogP contribution in [-0.2, 0) is 27.6 Å². The topological polar surface area (TPSA) is 76.4 Å². The van der Waals surface area contributed by atoms with Gasteiger partial charge in [-0.2, -0.15) is 5.10 Å². The molecule has 0 saturated carbocycles. The normalized spacial score (nSPS) is 23.6. The summed E-state index contributed by atoms with van der Waals surface area (Å²) in [5, 5.41) is 4.84. The molecule has 0 bridgehead atoms. The Hall–Kier alpha value is -3.02. The number of carbonyl (C=O) groups excluding carboxylic acids is 1. The van der Waals surface area contributed by atoms with Crippen LogP contribution in [0.3, 0.4) is 0 Å². The zero-order chi connectivity index (χ0) is 33.3. The summed E-state index contributed by atoms with van der Waals surface area (Å²) in [6.45, 7) is 14.0. The fourth-order valence-electron chi connectivity index (χ4n) is 7.71. The van der Waals surface area contributed by atoms with Gasteiger partial charge in [-0.25, -0.2) is 18.2 Å². The van der Waals surface area contributed by atoms with Crippen molar-refractivity contribution >= 4 is 17.5 Å². The largest absolute Gasteiger partial charge is 0.359 e. The Balaban J connectivity index is 1.28. The van der Waals surface area contributed by atoms with E-state index in [1.807, 2.05) is 24.9 Å². The Morgan fingerprint density at radius 1 is 1.04 bits per heavy atom. The summed E-state index contributed by atoms with van der Waals surface area (Å²) >= 11 is 6.60. The maximum Gasteiger partial charge on any atom is 0.226 e. The SMILES string of the molecule is Cc1nc2c(cc1Cl)C(C(C)(C)c1ncnn1C)OC21CCN(C(=O)[C@@H]2CCN(C(C)(C)C)C[C@H]2c2ccc(F)c(F)c2F)CC1. The molecule has 1 amide bonds. The van der Waals surface area contributed by atoms with E-state index in [1.54, 1.807) is 4.68 Å². The molecular formula is C34H42ClF3N6O2. The number of hydrogen-bond donors (Lipinski definition) is 0. The van der Waals surface area contributed by atoms with E-state index in [4.69, 9.17) is 21.3 Å². The lowest BCUT2D eigenvalue weighted by Crippen LogP contribution is -2.54. The van der Waals surface area contributed by atoms with E-state index in [2.05, 4.69) is 49.6 Å². The molecule has 1 spiro atoms. The molecule has 0 radical (unpaired) electrons. The Bertz CT molecular complexity index is 1660. The number of nitrogens with zero attached hydrogens (tertiary/aromatic N) is 6. The van der Waals surface area contributed by atoms with Crippen LogP contribution >= 0.6 is 11.6 Å². The number of carbonyl (C=O) groups is 1. The van der Waals surface area contributed by atoms with E-state index < -0.39 is 46.4 Å². The lowest BCUT2D eigenvalue weighted by molar-refractivity contribution is -0.153. The van der Waals surface area contributed by atoms with E-state index in [0.717, 1.165) is 23.1 Å². The number of ether oxygens (including phenoxy) is 1. The summed E-state index contributed by atoms with van der Waals surface area (Å²) in [5.74, 6) is -4.51. The minimum atomic E-state index is -1.50. The second-order valence-corrected chi connectivity index (χ2v) is 15.0. The maximum absolute atomic E-state index is 15.2. The highest BCUT2D eigenvalue weighted by Crippen LogP contribution is 2.55. The van der Waals surface area contributed by atoms with Crippen LogP contribution in [0.2, 0.25) is 5.02 Å². The summed E-state index contributed by atoms with van der Waals surface area (Å²) in [6.07, 6.45) is 2.62. The molecule has 3 aliphatic heterocycles. The molecule has 6 rings (SSSR count). The van der Waals surface area contributed by atoms with Gasteiger partial charge in [0.25, 0.3) is 0 Å². The molecule has 248 valence electrons.